The first kappa shape index (κ1) is 11.1. The van der Waals surface area contributed by atoms with Crippen LogP contribution in [0.5, 0.6) is 5.75 Å². The summed E-state index contributed by atoms with van der Waals surface area (Å²) in [6.07, 6.45) is 0.764. The lowest BCUT2D eigenvalue weighted by Gasteiger charge is -2.08. The van der Waals surface area contributed by atoms with Crippen LogP contribution in [-0.2, 0) is 6.42 Å². The largest absolute Gasteiger partial charge is 0.494 e. The molecule has 1 aromatic carbocycles. The normalized spacial score (nSPS) is 10.8. The number of aromatic nitrogens is 1. The van der Waals surface area contributed by atoms with Gasteiger partial charge >= 0.3 is 0 Å². The molecule has 0 fully saturated rings. The van der Waals surface area contributed by atoms with Crippen molar-refractivity contribution in [1.82, 2.24) is 4.98 Å². The van der Waals surface area contributed by atoms with Gasteiger partial charge in [-0.3, -0.25) is 0 Å². The molecule has 16 heavy (non-hydrogen) atoms. The Bertz CT molecular complexity index is 542. The van der Waals surface area contributed by atoms with Gasteiger partial charge in [0.05, 0.1) is 7.11 Å². The minimum Gasteiger partial charge on any atom is -0.494 e. The molecule has 0 saturated carbocycles. The van der Waals surface area contributed by atoms with Crippen LogP contribution in [0.4, 0.5) is 4.39 Å². The fourth-order valence-corrected chi connectivity index (χ4v) is 1.92. The van der Waals surface area contributed by atoms with E-state index in [1.807, 2.05) is 13.0 Å². The number of methoxy groups -OCH3 is 1. The number of pyridine rings is 1. The van der Waals surface area contributed by atoms with E-state index in [-0.39, 0.29) is 5.82 Å². The van der Waals surface area contributed by atoms with Gasteiger partial charge in [-0.2, -0.15) is 0 Å². The molecule has 4 heteroatoms. The average Bonchev–Trinajstić information content (AvgIpc) is 2.28. The number of fused-ring (bicyclic) bond motifs is 1. The van der Waals surface area contributed by atoms with Gasteiger partial charge in [-0.1, -0.05) is 18.5 Å². The van der Waals surface area contributed by atoms with E-state index in [1.165, 1.54) is 19.2 Å². The standard InChI is InChI=1S/C12H11ClFNO/c1-3-7-4-8-5-9(14)6-10(16-2)11(8)15-12(7)13/h4-6H,3H2,1-2H3. The summed E-state index contributed by atoms with van der Waals surface area (Å²) in [5.74, 6) is 0.0649. The number of aryl methyl sites for hydroxylation is 1. The van der Waals surface area contributed by atoms with E-state index < -0.39 is 0 Å². The predicted molar refractivity (Wildman–Crippen MR) is 62.6 cm³/mol. The second-order valence-electron chi connectivity index (χ2n) is 3.47. The average molecular weight is 240 g/mol. The molecular weight excluding hydrogens is 229 g/mol. The van der Waals surface area contributed by atoms with Gasteiger partial charge in [-0.15, -0.1) is 0 Å². The van der Waals surface area contributed by atoms with E-state index in [4.69, 9.17) is 16.3 Å². The Balaban J connectivity index is 2.79. The fourth-order valence-electron chi connectivity index (χ4n) is 1.64. The summed E-state index contributed by atoms with van der Waals surface area (Å²) in [5.41, 5.74) is 1.49. The Morgan fingerprint density at radius 3 is 2.75 bits per heavy atom. The highest BCUT2D eigenvalue weighted by molar-refractivity contribution is 6.30. The lowest BCUT2D eigenvalue weighted by atomic mass is 10.1. The zero-order valence-corrected chi connectivity index (χ0v) is 9.81. The lowest BCUT2D eigenvalue weighted by molar-refractivity contribution is 0.415. The molecule has 0 atom stereocenters. The smallest absolute Gasteiger partial charge is 0.148 e. The predicted octanol–water partition coefficient (Wildman–Crippen LogP) is 3.60. The van der Waals surface area contributed by atoms with Crippen molar-refractivity contribution in [2.75, 3.05) is 7.11 Å². The molecule has 1 heterocycles. The number of halogens is 2. The van der Waals surface area contributed by atoms with Gasteiger partial charge in [0.15, 0.2) is 0 Å². The van der Waals surface area contributed by atoms with Crippen LogP contribution in [0, 0.1) is 5.82 Å². The van der Waals surface area contributed by atoms with Crippen LogP contribution in [0.3, 0.4) is 0 Å². The maximum absolute atomic E-state index is 13.3. The molecule has 0 amide bonds. The van der Waals surface area contributed by atoms with Gasteiger partial charge in [0.1, 0.15) is 22.2 Å². The molecule has 2 nitrogen and oxygen atoms in total. The van der Waals surface area contributed by atoms with Crippen molar-refractivity contribution in [3.63, 3.8) is 0 Å². The van der Waals surface area contributed by atoms with Crippen molar-refractivity contribution < 1.29 is 9.13 Å². The number of nitrogens with zero attached hydrogens (tertiary/aromatic N) is 1. The Morgan fingerprint density at radius 2 is 2.12 bits per heavy atom. The van der Waals surface area contributed by atoms with E-state index in [0.29, 0.717) is 21.8 Å². The third-order valence-electron chi connectivity index (χ3n) is 2.47. The summed E-state index contributed by atoms with van der Waals surface area (Å²) >= 11 is 6.01. The Labute approximate surface area is 98.0 Å². The van der Waals surface area contributed by atoms with Crippen molar-refractivity contribution in [3.8, 4) is 5.75 Å². The van der Waals surface area contributed by atoms with Crippen LogP contribution in [-0.4, -0.2) is 12.1 Å². The molecule has 0 aliphatic rings. The van der Waals surface area contributed by atoms with Gasteiger partial charge in [-0.05, 0) is 24.1 Å². The summed E-state index contributed by atoms with van der Waals surface area (Å²) in [6, 6.07) is 4.58. The quantitative estimate of drug-likeness (QED) is 0.747. The fraction of sp³-hybridized carbons (Fsp3) is 0.250. The van der Waals surface area contributed by atoms with E-state index in [0.717, 1.165) is 12.0 Å². The van der Waals surface area contributed by atoms with Gasteiger partial charge in [0.2, 0.25) is 0 Å². The number of ether oxygens (including phenoxy) is 1. The Morgan fingerprint density at radius 1 is 1.38 bits per heavy atom. The summed E-state index contributed by atoms with van der Waals surface area (Å²) < 4.78 is 18.4. The minimum absolute atomic E-state index is 0.337. The molecule has 0 saturated heterocycles. The van der Waals surface area contributed by atoms with Crippen molar-refractivity contribution >= 4 is 22.5 Å². The van der Waals surface area contributed by atoms with Crippen molar-refractivity contribution in [3.05, 3.63) is 34.7 Å². The maximum atomic E-state index is 13.3. The first-order chi connectivity index (χ1) is 7.65. The van der Waals surface area contributed by atoms with Gasteiger partial charge in [0.25, 0.3) is 0 Å². The lowest BCUT2D eigenvalue weighted by Crippen LogP contribution is -1.93. The Hall–Kier alpha value is -1.35. The highest BCUT2D eigenvalue weighted by Crippen LogP contribution is 2.28. The second-order valence-corrected chi connectivity index (χ2v) is 3.83. The van der Waals surface area contributed by atoms with Crippen LogP contribution in [0.25, 0.3) is 10.9 Å². The third kappa shape index (κ3) is 1.83. The van der Waals surface area contributed by atoms with Crippen molar-refractivity contribution in [2.45, 2.75) is 13.3 Å². The van der Waals surface area contributed by atoms with Gasteiger partial charge in [0, 0.05) is 11.5 Å². The van der Waals surface area contributed by atoms with Crippen LogP contribution in [0.2, 0.25) is 5.15 Å². The maximum Gasteiger partial charge on any atom is 0.148 e. The van der Waals surface area contributed by atoms with Crippen molar-refractivity contribution in [2.24, 2.45) is 0 Å². The zero-order valence-electron chi connectivity index (χ0n) is 9.05. The molecule has 0 spiro atoms. The third-order valence-corrected chi connectivity index (χ3v) is 2.80. The molecule has 1 aromatic heterocycles. The molecule has 0 aliphatic heterocycles. The SMILES string of the molecule is CCc1cc2cc(F)cc(OC)c2nc1Cl. The molecule has 0 aliphatic carbocycles. The molecule has 0 radical (unpaired) electrons. The van der Waals surface area contributed by atoms with E-state index in [9.17, 15) is 4.39 Å². The highest BCUT2D eigenvalue weighted by Gasteiger charge is 2.09. The summed E-state index contributed by atoms with van der Waals surface area (Å²) in [6.45, 7) is 1.98. The topological polar surface area (TPSA) is 22.1 Å². The van der Waals surface area contributed by atoms with Crippen molar-refractivity contribution in [1.29, 1.82) is 0 Å². The second kappa shape index (κ2) is 4.26. The van der Waals surface area contributed by atoms with Gasteiger partial charge in [-0.25, -0.2) is 9.37 Å². The van der Waals surface area contributed by atoms with E-state index >= 15 is 0 Å². The molecule has 0 N–H and O–H groups in total. The van der Waals surface area contributed by atoms with E-state index in [1.54, 1.807) is 0 Å². The van der Waals surface area contributed by atoms with Crippen LogP contribution >= 0.6 is 11.6 Å². The summed E-state index contributed by atoms with van der Waals surface area (Å²) in [5, 5.41) is 1.15. The first-order valence-corrected chi connectivity index (χ1v) is 5.36. The molecular formula is C12H11ClFNO. The molecule has 0 unspecified atom stereocenters. The molecule has 2 aromatic rings. The van der Waals surface area contributed by atoms with Crippen LogP contribution in [0.1, 0.15) is 12.5 Å². The van der Waals surface area contributed by atoms with Crippen LogP contribution in [0.15, 0.2) is 18.2 Å². The highest BCUT2D eigenvalue weighted by atomic mass is 35.5. The van der Waals surface area contributed by atoms with E-state index in [2.05, 4.69) is 4.98 Å². The number of benzene rings is 1. The van der Waals surface area contributed by atoms with Crippen LogP contribution < -0.4 is 4.74 Å². The summed E-state index contributed by atoms with van der Waals surface area (Å²) in [7, 11) is 1.48. The monoisotopic (exact) mass is 239 g/mol. The molecule has 84 valence electrons. The van der Waals surface area contributed by atoms with Gasteiger partial charge < -0.3 is 4.74 Å². The molecule has 2 rings (SSSR count). The summed E-state index contributed by atoms with van der Waals surface area (Å²) in [4.78, 5) is 4.23. The number of hydrogen-bond acceptors (Lipinski definition) is 2. The zero-order chi connectivity index (χ0) is 11.7. The molecule has 0 bridgehead atoms. The first-order valence-electron chi connectivity index (χ1n) is 4.98. The Kier molecular flexibility index (Phi) is 2.97. The number of hydrogen-bond donors (Lipinski definition) is 0. The minimum atomic E-state index is -0.337. The number of rotatable bonds is 2.